The van der Waals surface area contributed by atoms with Gasteiger partial charge in [-0.1, -0.05) is 0 Å². The molecule has 0 aliphatic carbocycles. The maximum Gasteiger partial charge on any atom is 0.203 e. The topological polar surface area (TPSA) is 44.7 Å². The van der Waals surface area contributed by atoms with Gasteiger partial charge >= 0.3 is 0 Å². The second-order valence-electron chi connectivity index (χ2n) is 4.55. The summed E-state index contributed by atoms with van der Waals surface area (Å²) in [5, 5.41) is 3.39. The molecule has 2 aromatic rings. The highest BCUT2D eigenvalue weighted by Crippen LogP contribution is 2.39. The van der Waals surface area contributed by atoms with E-state index in [4.69, 9.17) is 14.2 Å². The van der Waals surface area contributed by atoms with Crippen LogP contribution in [-0.2, 0) is 13.1 Å². The van der Waals surface area contributed by atoms with Gasteiger partial charge in [-0.2, -0.15) is 0 Å². The first-order chi connectivity index (χ1) is 10.2. The Morgan fingerprint density at radius 3 is 2.24 bits per heavy atom. The number of nitrogens with one attached hydrogen (secondary N) is 1. The van der Waals surface area contributed by atoms with E-state index in [2.05, 4.69) is 35.1 Å². The molecule has 0 bridgehead atoms. The van der Waals surface area contributed by atoms with Gasteiger partial charge < -0.3 is 24.1 Å². The van der Waals surface area contributed by atoms with Crippen LogP contribution < -0.4 is 19.5 Å². The van der Waals surface area contributed by atoms with Crippen molar-refractivity contribution in [3.63, 3.8) is 0 Å². The lowest BCUT2D eigenvalue weighted by Crippen LogP contribution is -2.06. The summed E-state index contributed by atoms with van der Waals surface area (Å²) in [7, 11) is 4.83. The van der Waals surface area contributed by atoms with E-state index in [1.54, 1.807) is 21.3 Å². The van der Waals surface area contributed by atoms with Crippen LogP contribution in [0, 0.1) is 0 Å². The maximum absolute atomic E-state index is 5.35. The van der Waals surface area contributed by atoms with Crippen molar-refractivity contribution in [2.45, 2.75) is 20.0 Å². The summed E-state index contributed by atoms with van der Waals surface area (Å²) in [6.45, 7) is 3.82. The second kappa shape index (κ2) is 6.92. The van der Waals surface area contributed by atoms with Gasteiger partial charge in [-0.25, -0.2) is 0 Å². The molecule has 114 valence electrons. The van der Waals surface area contributed by atoms with Crippen LogP contribution in [0.2, 0.25) is 0 Å². The van der Waals surface area contributed by atoms with Crippen molar-refractivity contribution in [3.05, 3.63) is 36.2 Å². The SMILES string of the molecule is CCn1cccc1CNc1cc(OC)c(OC)c(OC)c1. The van der Waals surface area contributed by atoms with Crippen molar-refractivity contribution in [3.8, 4) is 17.2 Å². The number of hydrogen-bond donors (Lipinski definition) is 1. The summed E-state index contributed by atoms with van der Waals surface area (Å²) in [6.07, 6.45) is 2.08. The first kappa shape index (κ1) is 15.1. The lowest BCUT2D eigenvalue weighted by atomic mass is 10.2. The number of methoxy groups -OCH3 is 3. The molecule has 5 heteroatoms. The van der Waals surface area contributed by atoms with Gasteiger partial charge in [0.05, 0.1) is 27.9 Å². The average Bonchev–Trinajstić information content (AvgIpc) is 2.99. The molecule has 5 nitrogen and oxygen atoms in total. The number of aromatic nitrogens is 1. The molecule has 0 radical (unpaired) electrons. The first-order valence-corrected chi connectivity index (χ1v) is 6.91. The summed E-state index contributed by atoms with van der Waals surface area (Å²) in [4.78, 5) is 0. The molecule has 1 aromatic heterocycles. The fourth-order valence-electron chi connectivity index (χ4n) is 2.29. The van der Waals surface area contributed by atoms with E-state index in [0.29, 0.717) is 17.2 Å². The molecule has 0 saturated carbocycles. The van der Waals surface area contributed by atoms with E-state index in [-0.39, 0.29) is 0 Å². The third kappa shape index (κ3) is 3.24. The molecule has 0 aliphatic rings. The van der Waals surface area contributed by atoms with Crippen LogP contribution in [0.4, 0.5) is 5.69 Å². The van der Waals surface area contributed by atoms with E-state index in [1.165, 1.54) is 5.69 Å². The molecule has 0 spiro atoms. The van der Waals surface area contributed by atoms with Gasteiger partial charge in [0, 0.05) is 36.3 Å². The highest BCUT2D eigenvalue weighted by Gasteiger charge is 2.13. The number of aryl methyl sites for hydroxylation is 1. The quantitative estimate of drug-likeness (QED) is 0.851. The summed E-state index contributed by atoms with van der Waals surface area (Å²) in [6, 6.07) is 7.96. The van der Waals surface area contributed by atoms with Gasteiger partial charge in [-0.15, -0.1) is 0 Å². The molecule has 0 fully saturated rings. The lowest BCUT2D eigenvalue weighted by molar-refractivity contribution is 0.324. The van der Waals surface area contributed by atoms with Gasteiger partial charge in [0.1, 0.15) is 0 Å². The molecule has 2 rings (SSSR count). The van der Waals surface area contributed by atoms with E-state index in [1.807, 2.05) is 12.1 Å². The van der Waals surface area contributed by atoms with Crippen LogP contribution in [0.15, 0.2) is 30.5 Å². The van der Waals surface area contributed by atoms with E-state index in [0.717, 1.165) is 18.8 Å². The van der Waals surface area contributed by atoms with Gasteiger partial charge in [0.15, 0.2) is 11.5 Å². The minimum atomic E-state index is 0.600. The molecule has 0 atom stereocenters. The van der Waals surface area contributed by atoms with E-state index >= 15 is 0 Å². The minimum Gasteiger partial charge on any atom is -0.493 e. The Balaban J connectivity index is 2.20. The molecule has 1 aromatic carbocycles. The summed E-state index contributed by atoms with van der Waals surface area (Å²) in [5.41, 5.74) is 2.15. The molecular formula is C16H22N2O3. The van der Waals surface area contributed by atoms with Gasteiger partial charge in [0.2, 0.25) is 5.75 Å². The van der Waals surface area contributed by atoms with Gasteiger partial charge in [0.25, 0.3) is 0 Å². The van der Waals surface area contributed by atoms with Crippen LogP contribution in [0.5, 0.6) is 17.2 Å². The monoisotopic (exact) mass is 290 g/mol. The standard InChI is InChI=1S/C16H22N2O3/c1-5-18-8-6-7-13(18)11-17-12-9-14(19-2)16(21-4)15(10-12)20-3/h6-10,17H,5,11H2,1-4H3. The minimum absolute atomic E-state index is 0.600. The Morgan fingerprint density at radius 1 is 1.05 bits per heavy atom. The maximum atomic E-state index is 5.35. The number of rotatable bonds is 7. The van der Waals surface area contributed by atoms with Crippen molar-refractivity contribution < 1.29 is 14.2 Å². The third-order valence-electron chi connectivity index (χ3n) is 3.40. The van der Waals surface area contributed by atoms with Crippen LogP contribution in [0.3, 0.4) is 0 Å². The van der Waals surface area contributed by atoms with Gasteiger partial charge in [-0.05, 0) is 19.1 Å². The number of ether oxygens (including phenoxy) is 3. The van der Waals surface area contributed by atoms with E-state index < -0.39 is 0 Å². The number of benzene rings is 1. The van der Waals surface area contributed by atoms with Gasteiger partial charge in [-0.3, -0.25) is 0 Å². The summed E-state index contributed by atoms with van der Waals surface area (Å²) < 4.78 is 18.2. The van der Waals surface area contributed by atoms with E-state index in [9.17, 15) is 0 Å². The number of hydrogen-bond acceptors (Lipinski definition) is 4. The molecule has 0 unspecified atom stereocenters. The summed E-state index contributed by atoms with van der Waals surface area (Å²) in [5.74, 6) is 1.89. The van der Waals surface area contributed by atoms with Crippen LogP contribution >= 0.6 is 0 Å². The van der Waals surface area contributed by atoms with Crippen molar-refractivity contribution in [1.82, 2.24) is 4.57 Å². The molecule has 0 aliphatic heterocycles. The molecule has 21 heavy (non-hydrogen) atoms. The largest absolute Gasteiger partial charge is 0.493 e. The zero-order valence-electron chi connectivity index (χ0n) is 13.0. The van der Waals surface area contributed by atoms with Crippen LogP contribution in [0.1, 0.15) is 12.6 Å². The molecule has 0 amide bonds. The van der Waals surface area contributed by atoms with Crippen molar-refractivity contribution >= 4 is 5.69 Å². The Kier molecular flexibility index (Phi) is 4.98. The predicted molar refractivity (Wildman–Crippen MR) is 83.5 cm³/mol. The lowest BCUT2D eigenvalue weighted by Gasteiger charge is -2.15. The Bertz CT molecular complexity index is 568. The highest BCUT2D eigenvalue weighted by molar-refractivity contribution is 5.62. The summed E-state index contributed by atoms with van der Waals surface area (Å²) >= 11 is 0. The first-order valence-electron chi connectivity index (χ1n) is 6.91. The Labute approximate surface area is 125 Å². The zero-order valence-corrected chi connectivity index (χ0v) is 13.0. The highest BCUT2D eigenvalue weighted by atomic mass is 16.5. The molecule has 0 saturated heterocycles. The van der Waals surface area contributed by atoms with Crippen LogP contribution in [0.25, 0.3) is 0 Å². The predicted octanol–water partition coefficient (Wildman–Crippen LogP) is 3.15. The molecule has 1 N–H and O–H groups in total. The second-order valence-corrected chi connectivity index (χ2v) is 4.55. The zero-order chi connectivity index (χ0) is 15.2. The van der Waals surface area contributed by atoms with Crippen LogP contribution in [-0.4, -0.2) is 25.9 Å². The fraction of sp³-hybridized carbons (Fsp3) is 0.375. The fourth-order valence-corrected chi connectivity index (χ4v) is 2.29. The molecule has 1 heterocycles. The van der Waals surface area contributed by atoms with Crippen molar-refractivity contribution in [2.24, 2.45) is 0 Å². The average molecular weight is 290 g/mol. The third-order valence-corrected chi connectivity index (χ3v) is 3.40. The number of nitrogens with zero attached hydrogens (tertiary/aromatic N) is 1. The number of anilines is 1. The van der Waals surface area contributed by atoms with Crippen molar-refractivity contribution in [2.75, 3.05) is 26.6 Å². The normalized spacial score (nSPS) is 10.3. The Morgan fingerprint density at radius 2 is 1.71 bits per heavy atom. The molecular weight excluding hydrogens is 268 g/mol. The van der Waals surface area contributed by atoms with Crippen molar-refractivity contribution in [1.29, 1.82) is 0 Å². The smallest absolute Gasteiger partial charge is 0.203 e. The Hall–Kier alpha value is -2.30.